The van der Waals surface area contributed by atoms with Gasteiger partial charge in [-0.25, -0.2) is 4.98 Å². The summed E-state index contributed by atoms with van der Waals surface area (Å²) in [6, 6.07) is 6.58. The van der Waals surface area contributed by atoms with Crippen molar-refractivity contribution in [3.8, 4) is 0 Å². The fourth-order valence-electron chi connectivity index (χ4n) is 1.80. The van der Waals surface area contributed by atoms with E-state index in [1.54, 1.807) is 31.2 Å². The van der Waals surface area contributed by atoms with Crippen molar-refractivity contribution in [2.45, 2.75) is 18.9 Å². The maximum absolute atomic E-state index is 12.6. The number of rotatable bonds is 5. The second kappa shape index (κ2) is 5.57. The number of aromatic nitrogens is 2. The summed E-state index contributed by atoms with van der Waals surface area (Å²) in [6.07, 6.45) is 1.17. The Morgan fingerprint density at radius 2 is 1.90 bits per heavy atom. The maximum atomic E-state index is 12.6. The van der Waals surface area contributed by atoms with E-state index in [9.17, 15) is 13.2 Å². The van der Waals surface area contributed by atoms with Gasteiger partial charge in [0.25, 0.3) is 10.0 Å². The number of carboxylic acids is 1. The number of carboxylic acid groups (broad SMARTS) is 1. The maximum Gasteiger partial charge on any atom is 0.324 e. The number of anilines is 1. The predicted octanol–water partition coefficient (Wildman–Crippen LogP) is 1.31. The second-order valence-electron chi connectivity index (χ2n) is 4.57. The number of H-pyrrole nitrogens is 1. The molecule has 21 heavy (non-hydrogen) atoms. The molecule has 1 aromatic carbocycles. The van der Waals surface area contributed by atoms with E-state index in [0.29, 0.717) is 5.82 Å². The molecule has 0 fully saturated rings. The van der Waals surface area contributed by atoms with E-state index in [-0.39, 0.29) is 10.7 Å². The molecule has 2 N–H and O–H groups in total. The predicted molar refractivity (Wildman–Crippen MR) is 76.7 cm³/mol. The van der Waals surface area contributed by atoms with Crippen molar-refractivity contribution >= 4 is 21.7 Å². The molecule has 0 saturated heterocycles. The topological polar surface area (TPSA) is 103 Å². The summed E-state index contributed by atoms with van der Waals surface area (Å²) in [7, 11) is -4.01. The quantitative estimate of drug-likeness (QED) is 0.866. The van der Waals surface area contributed by atoms with Gasteiger partial charge in [0.1, 0.15) is 12.4 Å². The number of nitrogens with one attached hydrogen (secondary N) is 1. The van der Waals surface area contributed by atoms with E-state index in [1.165, 1.54) is 6.20 Å². The Hall–Kier alpha value is -2.35. The number of hydrogen-bond acceptors (Lipinski definition) is 4. The molecule has 0 radical (unpaired) electrons. The SMILES string of the molecule is Cc1ccc(N(CC(=O)O)S(=O)(=O)c2cnc(C)[nH]2)cc1. The molecule has 8 heteroatoms. The Balaban J connectivity index is 2.49. The molecule has 0 saturated carbocycles. The lowest BCUT2D eigenvalue weighted by Gasteiger charge is -2.21. The standard InChI is InChI=1S/C13H15N3O4S/c1-9-3-5-11(6-4-9)16(8-13(17)18)21(19,20)12-7-14-10(2)15-12/h3-7H,8H2,1-2H3,(H,14,15)(H,17,18). The molecular formula is C13H15N3O4S. The van der Waals surface area contributed by atoms with Crippen molar-refractivity contribution in [3.05, 3.63) is 41.9 Å². The van der Waals surface area contributed by atoms with Crippen molar-refractivity contribution in [1.82, 2.24) is 9.97 Å². The van der Waals surface area contributed by atoms with Crippen LogP contribution in [0, 0.1) is 13.8 Å². The van der Waals surface area contributed by atoms with Gasteiger partial charge in [0.15, 0.2) is 5.03 Å². The van der Waals surface area contributed by atoms with Gasteiger partial charge in [-0.1, -0.05) is 17.7 Å². The molecule has 1 aromatic heterocycles. The monoisotopic (exact) mass is 309 g/mol. The minimum atomic E-state index is -4.01. The zero-order valence-corrected chi connectivity index (χ0v) is 12.4. The van der Waals surface area contributed by atoms with Gasteiger partial charge in [-0.15, -0.1) is 0 Å². The van der Waals surface area contributed by atoms with Gasteiger partial charge in [-0.3, -0.25) is 9.10 Å². The Morgan fingerprint density at radius 3 is 2.38 bits per heavy atom. The van der Waals surface area contributed by atoms with Crippen LogP contribution < -0.4 is 4.31 Å². The number of aromatic amines is 1. The molecule has 112 valence electrons. The molecule has 0 unspecified atom stereocenters. The first-order valence-corrected chi connectivity index (χ1v) is 7.57. The number of aryl methyl sites for hydroxylation is 2. The minimum Gasteiger partial charge on any atom is -0.480 e. The van der Waals surface area contributed by atoms with Crippen molar-refractivity contribution < 1.29 is 18.3 Å². The molecule has 2 aromatic rings. The van der Waals surface area contributed by atoms with Crippen molar-refractivity contribution in [1.29, 1.82) is 0 Å². The molecule has 7 nitrogen and oxygen atoms in total. The summed E-state index contributed by atoms with van der Waals surface area (Å²) in [6.45, 7) is 2.81. The molecule has 0 aliphatic heterocycles. The highest BCUT2D eigenvalue weighted by Gasteiger charge is 2.28. The Kier molecular flexibility index (Phi) is 3.99. The van der Waals surface area contributed by atoms with E-state index in [2.05, 4.69) is 9.97 Å². The number of carbonyl (C=O) groups is 1. The third-order valence-corrected chi connectivity index (χ3v) is 4.53. The summed E-state index contributed by atoms with van der Waals surface area (Å²) in [5.41, 5.74) is 1.24. The molecule has 0 aliphatic carbocycles. The summed E-state index contributed by atoms with van der Waals surface area (Å²) in [4.78, 5) is 17.5. The molecule has 0 aliphatic rings. The number of aliphatic carboxylic acids is 1. The van der Waals surface area contributed by atoms with Crippen LogP contribution in [0.1, 0.15) is 11.4 Å². The van der Waals surface area contributed by atoms with E-state index in [1.807, 2.05) is 6.92 Å². The van der Waals surface area contributed by atoms with Crippen LogP contribution in [0.5, 0.6) is 0 Å². The average Bonchev–Trinajstić information content (AvgIpc) is 2.84. The third-order valence-electron chi connectivity index (χ3n) is 2.85. The lowest BCUT2D eigenvalue weighted by atomic mass is 10.2. The fourth-order valence-corrected chi connectivity index (χ4v) is 3.18. The number of sulfonamides is 1. The van der Waals surface area contributed by atoms with Crippen LogP contribution in [0.15, 0.2) is 35.5 Å². The normalized spacial score (nSPS) is 11.3. The van der Waals surface area contributed by atoms with Crippen LogP contribution in [-0.4, -0.2) is 36.0 Å². The van der Waals surface area contributed by atoms with Crippen LogP contribution in [0.2, 0.25) is 0 Å². The second-order valence-corrected chi connectivity index (χ2v) is 6.40. The Bertz CT molecular complexity index is 750. The zero-order chi connectivity index (χ0) is 15.6. The highest BCUT2D eigenvalue weighted by molar-refractivity contribution is 7.92. The molecule has 0 spiro atoms. The van der Waals surface area contributed by atoms with E-state index in [0.717, 1.165) is 9.87 Å². The largest absolute Gasteiger partial charge is 0.480 e. The highest BCUT2D eigenvalue weighted by atomic mass is 32.2. The number of imidazole rings is 1. The smallest absolute Gasteiger partial charge is 0.324 e. The minimum absolute atomic E-state index is 0.137. The first-order valence-electron chi connectivity index (χ1n) is 6.13. The van der Waals surface area contributed by atoms with Gasteiger partial charge in [-0.05, 0) is 26.0 Å². The highest BCUT2D eigenvalue weighted by Crippen LogP contribution is 2.22. The van der Waals surface area contributed by atoms with Crippen molar-refractivity contribution in [2.75, 3.05) is 10.8 Å². The number of nitrogens with zero attached hydrogens (tertiary/aromatic N) is 2. The third kappa shape index (κ3) is 3.22. The summed E-state index contributed by atoms with van der Waals surface area (Å²) >= 11 is 0. The lowest BCUT2D eigenvalue weighted by Crippen LogP contribution is -2.36. The van der Waals surface area contributed by atoms with Gasteiger partial charge in [0.05, 0.1) is 11.9 Å². The van der Waals surface area contributed by atoms with Gasteiger partial charge in [0.2, 0.25) is 0 Å². The van der Waals surface area contributed by atoms with Crippen molar-refractivity contribution in [3.63, 3.8) is 0 Å². The van der Waals surface area contributed by atoms with Crippen molar-refractivity contribution in [2.24, 2.45) is 0 Å². The van der Waals surface area contributed by atoms with Crippen LogP contribution in [0.3, 0.4) is 0 Å². The molecule has 0 atom stereocenters. The number of benzene rings is 1. The first-order chi connectivity index (χ1) is 9.80. The summed E-state index contributed by atoms with van der Waals surface area (Å²) in [5, 5.41) is 8.85. The van der Waals surface area contributed by atoms with Crippen LogP contribution in [0.4, 0.5) is 5.69 Å². The molecular weight excluding hydrogens is 294 g/mol. The number of hydrogen-bond donors (Lipinski definition) is 2. The molecule has 1 heterocycles. The molecule has 0 amide bonds. The fraction of sp³-hybridized carbons (Fsp3) is 0.231. The van der Waals surface area contributed by atoms with E-state index in [4.69, 9.17) is 5.11 Å². The molecule has 0 bridgehead atoms. The van der Waals surface area contributed by atoms with Gasteiger partial charge >= 0.3 is 5.97 Å². The molecule has 2 rings (SSSR count). The van der Waals surface area contributed by atoms with Gasteiger partial charge < -0.3 is 10.1 Å². The van der Waals surface area contributed by atoms with E-state index >= 15 is 0 Å². The Morgan fingerprint density at radius 1 is 1.29 bits per heavy atom. The van der Waals surface area contributed by atoms with Crippen LogP contribution >= 0.6 is 0 Å². The summed E-state index contributed by atoms with van der Waals surface area (Å²) < 4.78 is 26.0. The average molecular weight is 309 g/mol. The van der Waals surface area contributed by atoms with Crippen LogP contribution in [0.25, 0.3) is 0 Å². The first kappa shape index (κ1) is 15.0. The Labute approximate surface area is 122 Å². The van der Waals surface area contributed by atoms with Gasteiger partial charge in [0, 0.05) is 0 Å². The lowest BCUT2D eigenvalue weighted by molar-refractivity contribution is -0.135. The van der Waals surface area contributed by atoms with E-state index < -0.39 is 22.5 Å². The zero-order valence-electron chi connectivity index (χ0n) is 11.6. The van der Waals surface area contributed by atoms with Gasteiger partial charge in [-0.2, -0.15) is 8.42 Å². The van der Waals surface area contributed by atoms with Crippen LogP contribution in [-0.2, 0) is 14.8 Å². The summed E-state index contributed by atoms with van der Waals surface area (Å²) in [5.74, 6) is -0.803.